The van der Waals surface area contributed by atoms with Gasteiger partial charge in [-0.05, 0) is 45.7 Å². The zero-order valence-corrected chi connectivity index (χ0v) is 9.17. The van der Waals surface area contributed by atoms with Crippen molar-refractivity contribution in [3.8, 4) is 0 Å². The molecule has 1 aliphatic heterocycles. The normalized spacial score (nSPS) is 34.6. The summed E-state index contributed by atoms with van der Waals surface area (Å²) in [4.78, 5) is 14.1. The first kappa shape index (κ1) is 10.2. The van der Waals surface area contributed by atoms with Gasteiger partial charge in [0.15, 0.2) is 0 Å². The Labute approximate surface area is 86.7 Å². The minimum Gasteiger partial charge on any atom is -0.300 e. The topological polar surface area (TPSA) is 20.3 Å². The number of carbonyl (C=O) groups excluding carboxylic acids is 1. The molecule has 0 amide bonds. The first-order valence-electron chi connectivity index (χ1n) is 6.03. The van der Waals surface area contributed by atoms with E-state index in [1.165, 1.54) is 45.2 Å². The van der Waals surface area contributed by atoms with Gasteiger partial charge in [-0.2, -0.15) is 0 Å². The molecular formula is C12H21NO. The van der Waals surface area contributed by atoms with Gasteiger partial charge in [0.25, 0.3) is 0 Å². The molecule has 2 atom stereocenters. The van der Waals surface area contributed by atoms with Crippen LogP contribution < -0.4 is 0 Å². The van der Waals surface area contributed by atoms with Crippen molar-refractivity contribution in [1.29, 1.82) is 0 Å². The molecule has 2 unspecified atom stereocenters. The van der Waals surface area contributed by atoms with Crippen molar-refractivity contribution >= 4 is 5.78 Å². The predicted octanol–water partition coefficient (Wildman–Crippen LogP) is 2.23. The number of rotatable bonds is 2. The summed E-state index contributed by atoms with van der Waals surface area (Å²) in [6.07, 6.45) is 7.64. The molecule has 1 aliphatic carbocycles. The summed E-state index contributed by atoms with van der Waals surface area (Å²) in [6.45, 7) is 4.24. The Morgan fingerprint density at radius 3 is 2.36 bits per heavy atom. The third kappa shape index (κ3) is 2.00. The van der Waals surface area contributed by atoms with Gasteiger partial charge in [0.05, 0.1) is 0 Å². The largest absolute Gasteiger partial charge is 0.300 e. The molecule has 0 aromatic rings. The Kier molecular flexibility index (Phi) is 3.22. The Hall–Kier alpha value is -0.370. The fraction of sp³-hybridized carbons (Fsp3) is 0.917. The number of likely N-dealkylation sites (tertiary alicyclic amines) is 1. The van der Waals surface area contributed by atoms with Crippen molar-refractivity contribution in [1.82, 2.24) is 4.90 Å². The lowest BCUT2D eigenvalue weighted by Crippen LogP contribution is -2.43. The number of hydrogen-bond donors (Lipinski definition) is 0. The Balaban J connectivity index is 2.01. The highest BCUT2D eigenvalue weighted by molar-refractivity contribution is 5.79. The molecule has 2 aliphatic rings. The zero-order chi connectivity index (χ0) is 9.97. The third-order valence-electron chi connectivity index (χ3n) is 3.86. The quantitative estimate of drug-likeness (QED) is 0.673. The molecule has 2 nitrogen and oxygen atoms in total. The van der Waals surface area contributed by atoms with Crippen LogP contribution in [0.3, 0.4) is 0 Å². The monoisotopic (exact) mass is 195 g/mol. The van der Waals surface area contributed by atoms with Crippen LogP contribution in [-0.4, -0.2) is 29.8 Å². The van der Waals surface area contributed by atoms with Crippen LogP contribution in [0.4, 0.5) is 0 Å². The summed E-state index contributed by atoms with van der Waals surface area (Å²) >= 11 is 0. The molecule has 0 N–H and O–H groups in total. The molecule has 0 bridgehead atoms. The molecule has 1 saturated heterocycles. The van der Waals surface area contributed by atoms with E-state index in [-0.39, 0.29) is 0 Å². The lowest BCUT2D eigenvalue weighted by molar-refractivity contribution is -0.123. The smallest absolute Gasteiger partial charge is 0.134 e. The summed E-state index contributed by atoms with van der Waals surface area (Å²) in [5.74, 6) is 0.767. The van der Waals surface area contributed by atoms with E-state index in [1.807, 2.05) is 0 Å². The van der Waals surface area contributed by atoms with Crippen LogP contribution >= 0.6 is 0 Å². The van der Waals surface area contributed by atoms with E-state index in [4.69, 9.17) is 0 Å². The second kappa shape index (κ2) is 4.43. The first-order chi connectivity index (χ1) is 6.79. The Bertz CT molecular complexity index is 208. The lowest BCUT2D eigenvalue weighted by Gasteiger charge is -2.36. The minimum atomic E-state index is 0.349. The number of Topliss-reactive ketones (excluding diaryl/α,β-unsaturated/α-hetero) is 1. The molecule has 2 heteroatoms. The van der Waals surface area contributed by atoms with E-state index in [0.717, 1.165) is 6.42 Å². The van der Waals surface area contributed by atoms with Crippen molar-refractivity contribution in [2.45, 2.75) is 51.5 Å². The standard InChI is InChI=1S/C12H21NO/c1-10(14)11-6-2-3-7-12(11)13-8-4-5-9-13/h11-12H,2-9H2,1H3. The van der Waals surface area contributed by atoms with E-state index in [0.29, 0.717) is 17.7 Å². The molecule has 0 aromatic heterocycles. The maximum atomic E-state index is 11.5. The molecule has 0 aromatic carbocycles. The van der Waals surface area contributed by atoms with Crippen LogP contribution in [0.15, 0.2) is 0 Å². The van der Waals surface area contributed by atoms with Crippen molar-refractivity contribution in [3.63, 3.8) is 0 Å². The maximum Gasteiger partial charge on any atom is 0.134 e. The van der Waals surface area contributed by atoms with Crippen LogP contribution in [0.1, 0.15) is 45.4 Å². The molecule has 2 fully saturated rings. The van der Waals surface area contributed by atoms with E-state index in [2.05, 4.69) is 4.90 Å². The Morgan fingerprint density at radius 2 is 1.71 bits per heavy atom. The molecule has 1 saturated carbocycles. The van der Waals surface area contributed by atoms with Crippen LogP contribution in [0.2, 0.25) is 0 Å². The number of carbonyl (C=O) groups is 1. The van der Waals surface area contributed by atoms with Gasteiger partial charge in [-0.1, -0.05) is 12.8 Å². The van der Waals surface area contributed by atoms with E-state index in [1.54, 1.807) is 6.92 Å². The van der Waals surface area contributed by atoms with Crippen LogP contribution in [0, 0.1) is 5.92 Å². The highest BCUT2D eigenvalue weighted by Crippen LogP contribution is 2.31. The lowest BCUT2D eigenvalue weighted by atomic mass is 9.81. The van der Waals surface area contributed by atoms with Crippen molar-refractivity contribution in [2.24, 2.45) is 5.92 Å². The molecule has 1 heterocycles. The van der Waals surface area contributed by atoms with E-state index < -0.39 is 0 Å². The van der Waals surface area contributed by atoms with E-state index >= 15 is 0 Å². The number of ketones is 1. The van der Waals surface area contributed by atoms with Crippen LogP contribution in [-0.2, 0) is 4.79 Å². The van der Waals surface area contributed by atoms with Gasteiger partial charge in [0.1, 0.15) is 5.78 Å². The molecule has 80 valence electrons. The van der Waals surface area contributed by atoms with Crippen LogP contribution in [0.25, 0.3) is 0 Å². The molecule has 2 rings (SSSR count). The second-order valence-electron chi connectivity index (χ2n) is 4.81. The summed E-state index contributed by atoms with van der Waals surface area (Å²) in [5.41, 5.74) is 0. The average molecular weight is 195 g/mol. The van der Waals surface area contributed by atoms with Gasteiger partial charge in [0.2, 0.25) is 0 Å². The van der Waals surface area contributed by atoms with Gasteiger partial charge < -0.3 is 0 Å². The van der Waals surface area contributed by atoms with Gasteiger partial charge in [-0.3, -0.25) is 9.69 Å². The van der Waals surface area contributed by atoms with E-state index in [9.17, 15) is 4.79 Å². The Morgan fingerprint density at radius 1 is 1.07 bits per heavy atom. The number of hydrogen-bond acceptors (Lipinski definition) is 2. The SMILES string of the molecule is CC(=O)C1CCCCC1N1CCCC1. The summed E-state index contributed by atoms with van der Waals surface area (Å²) in [7, 11) is 0. The third-order valence-corrected chi connectivity index (χ3v) is 3.86. The number of nitrogens with zero attached hydrogens (tertiary/aromatic N) is 1. The highest BCUT2D eigenvalue weighted by atomic mass is 16.1. The molecule has 0 spiro atoms. The molecule has 0 radical (unpaired) electrons. The second-order valence-corrected chi connectivity index (χ2v) is 4.81. The highest BCUT2D eigenvalue weighted by Gasteiger charge is 2.33. The van der Waals surface area contributed by atoms with Crippen molar-refractivity contribution < 1.29 is 4.79 Å². The maximum absolute atomic E-state index is 11.5. The molecule has 14 heavy (non-hydrogen) atoms. The summed E-state index contributed by atoms with van der Waals surface area (Å²) in [6, 6.07) is 0.587. The van der Waals surface area contributed by atoms with Crippen molar-refractivity contribution in [3.05, 3.63) is 0 Å². The summed E-state index contributed by atoms with van der Waals surface area (Å²) < 4.78 is 0. The van der Waals surface area contributed by atoms with Gasteiger partial charge in [-0.15, -0.1) is 0 Å². The predicted molar refractivity (Wildman–Crippen MR) is 57.2 cm³/mol. The molecular weight excluding hydrogens is 174 g/mol. The first-order valence-corrected chi connectivity index (χ1v) is 6.03. The fourth-order valence-corrected chi connectivity index (χ4v) is 3.10. The van der Waals surface area contributed by atoms with Crippen LogP contribution in [0.5, 0.6) is 0 Å². The van der Waals surface area contributed by atoms with Gasteiger partial charge in [-0.25, -0.2) is 0 Å². The summed E-state index contributed by atoms with van der Waals surface area (Å²) in [5, 5.41) is 0. The van der Waals surface area contributed by atoms with Crippen molar-refractivity contribution in [2.75, 3.05) is 13.1 Å². The minimum absolute atomic E-state index is 0.349. The average Bonchev–Trinajstić information content (AvgIpc) is 2.70. The van der Waals surface area contributed by atoms with Gasteiger partial charge in [0, 0.05) is 12.0 Å². The fourth-order valence-electron chi connectivity index (χ4n) is 3.10. The van der Waals surface area contributed by atoms with Gasteiger partial charge >= 0.3 is 0 Å². The zero-order valence-electron chi connectivity index (χ0n) is 9.17.